The quantitative estimate of drug-likeness (QED) is 0.780. The Morgan fingerprint density at radius 1 is 1.12 bits per heavy atom. The Morgan fingerprint density at radius 3 is 2.00 bits per heavy atom. The summed E-state index contributed by atoms with van der Waals surface area (Å²) in [6.07, 6.45) is 1.41. The second-order valence-electron chi connectivity index (χ2n) is 4.14. The van der Waals surface area contributed by atoms with Crippen molar-refractivity contribution in [3.8, 4) is 0 Å². The van der Waals surface area contributed by atoms with Gasteiger partial charge < -0.3 is 9.79 Å². The van der Waals surface area contributed by atoms with Gasteiger partial charge in [-0.05, 0) is 24.8 Å². The molecule has 0 spiro atoms. The molecule has 3 nitrogen and oxygen atoms in total. The standard InChI is InChI=1S/C12H19O3P/c1-3-12(4-2,16(13,14)15)10-11-8-6-5-7-9-11/h5-9H,3-4,10H2,1-2H3,(H2,13,14,15). The number of benzene rings is 1. The Labute approximate surface area is 96.7 Å². The van der Waals surface area contributed by atoms with Crippen LogP contribution >= 0.6 is 7.60 Å². The summed E-state index contributed by atoms with van der Waals surface area (Å²) < 4.78 is 11.6. The van der Waals surface area contributed by atoms with E-state index in [1.807, 2.05) is 44.2 Å². The van der Waals surface area contributed by atoms with Crippen molar-refractivity contribution in [2.75, 3.05) is 0 Å². The zero-order valence-electron chi connectivity index (χ0n) is 9.76. The van der Waals surface area contributed by atoms with Gasteiger partial charge in [0, 0.05) is 0 Å². The minimum atomic E-state index is -4.07. The van der Waals surface area contributed by atoms with Gasteiger partial charge in [0.05, 0.1) is 5.16 Å². The highest BCUT2D eigenvalue weighted by Gasteiger charge is 2.43. The van der Waals surface area contributed by atoms with Crippen LogP contribution in [0.4, 0.5) is 0 Å². The fourth-order valence-corrected chi connectivity index (χ4v) is 3.20. The zero-order chi connectivity index (χ0) is 12.2. The van der Waals surface area contributed by atoms with Crippen LogP contribution in [0.5, 0.6) is 0 Å². The van der Waals surface area contributed by atoms with E-state index in [0.717, 1.165) is 5.56 Å². The second-order valence-corrected chi connectivity index (χ2v) is 6.17. The van der Waals surface area contributed by atoms with Crippen molar-refractivity contribution < 1.29 is 14.4 Å². The highest BCUT2D eigenvalue weighted by atomic mass is 31.2. The lowest BCUT2D eigenvalue weighted by Crippen LogP contribution is -2.30. The Balaban J connectivity index is 3.01. The molecule has 1 rings (SSSR count). The van der Waals surface area contributed by atoms with Crippen LogP contribution in [0.25, 0.3) is 0 Å². The van der Waals surface area contributed by atoms with Gasteiger partial charge in [-0.15, -0.1) is 0 Å². The lowest BCUT2D eigenvalue weighted by Gasteiger charge is -2.32. The van der Waals surface area contributed by atoms with Gasteiger partial charge >= 0.3 is 7.60 Å². The van der Waals surface area contributed by atoms with Crippen LogP contribution in [0.15, 0.2) is 30.3 Å². The first-order valence-corrected chi connectivity index (χ1v) is 7.16. The molecule has 0 fully saturated rings. The molecule has 0 aliphatic carbocycles. The number of rotatable bonds is 5. The average molecular weight is 242 g/mol. The van der Waals surface area contributed by atoms with Crippen molar-refractivity contribution in [3.05, 3.63) is 35.9 Å². The molecule has 0 saturated heterocycles. The molecule has 4 heteroatoms. The molecule has 0 aromatic heterocycles. The molecule has 0 saturated carbocycles. The first-order chi connectivity index (χ1) is 7.45. The highest BCUT2D eigenvalue weighted by Crippen LogP contribution is 2.55. The predicted molar refractivity (Wildman–Crippen MR) is 65.5 cm³/mol. The molecule has 0 amide bonds. The first kappa shape index (κ1) is 13.4. The molecule has 1 aromatic carbocycles. The van der Waals surface area contributed by atoms with Crippen LogP contribution in [0.3, 0.4) is 0 Å². The monoisotopic (exact) mass is 242 g/mol. The van der Waals surface area contributed by atoms with Crippen molar-refractivity contribution in [2.45, 2.75) is 38.3 Å². The lowest BCUT2D eigenvalue weighted by atomic mass is 9.93. The predicted octanol–water partition coefficient (Wildman–Crippen LogP) is 2.97. The maximum Gasteiger partial charge on any atom is 0.331 e. The number of hydrogen-bond acceptors (Lipinski definition) is 1. The maximum absolute atomic E-state index is 11.6. The van der Waals surface area contributed by atoms with Crippen LogP contribution in [-0.4, -0.2) is 14.9 Å². The van der Waals surface area contributed by atoms with E-state index >= 15 is 0 Å². The Bertz CT molecular complexity index is 365. The average Bonchev–Trinajstić information content (AvgIpc) is 2.25. The summed E-state index contributed by atoms with van der Waals surface area (Å²) in [7, 11) is -4.07. The SMILES string of the molecule is CCC(CC)(Cc1ccccc1)P(=O)(O)O. The van der Waals surface area contributed by atoms with Crippen LogP contribution in [0.2, 0.25) is 0 Å². The Hall–Kier alpha value is -0.630. The van der Waals surface area contributed by atoms with Crippen LogP contribution in [0, 0.1) is 0 Å². The zero-order valence-corrected chi connectivity index (χ0v) is 10.7. The molecule has 1 aromatic rings. The molecule has 16 heavy (non-hydrogen) atoms. The van der Waals surface area contributed by atoms with Gasteiger partial charge in [-0.3, -0.25) is 4.57 Å². The van der Waals surface area contributed by atoms with Crippen LogP contribution in [0.1, 0.15) is 32.3 Å². The maximum atomic E-state index is 11.6. The molecule has 0 unspecified atom stereocenters. The molecule has 2 N–H and O–H groups in total. The lowest BCUT2D eigenvalue weighted by molar-refractivity contribution is 0.311. The molecular formula is C12H19O3P. The van der Waals surface area contributed by atoms with Gasteiger partial charge in [0.2, 0.25) is 0 Å². The minimum absolute atomic E-state index is 0.436. The molecule has 0 atom stereocenters. The van der Waals surface area contributed by atoms with Crippen LogP contribution in [-0.2, 0) is 11.0 Å². The van der Waals surface area contributed by atoms with Crippen LogP contribution < -0.4 is 0 Å². The van der Waals surface area contributed by atoms with E-state index in [0.29, 0.717) is 19.3 Å². The minimum Gasteiger partial charge on any atom is -0.324 e. The summed E-state index contributed by atoms with van der Waals surface area (Å²) in [6, 6.07) is 9.52. The van der Waals surface area contributed by atoms with E-state index in [4.69, 9.17) is 0 Å². The topological polar surface area (TPSA) is 57.5 Å². The first-order valence-electron chi connectivity index (χ1n) is 5.55. The van der Waals surface area contributed by atoms with Crippen molar-refractivity contribution in [1.29, 1.82) is 0 Å². The fraction of sp³-hybridized carbons (Fsp3) is 0.500. The second kappa shape index (κ2) is 5.13. The van der Waals surface area contributed by atoms with E-state index in [-0.39, 0.29) is 0 Å². The summed E-state index contributed by atoms with van der Waals surface area (Å²) in [5.74, 6) is 0. The third-order valence-corrected chi connectivity index (χ3v) is 5.34. The van der Waals surface area contributed by atoms with Crippen molar-refractivity contribution in [3.63, 3.8) is 0 Å². The summed E-state index contributed by atoms with van der Waals surface area (Å²) in [6.45, 7) is 3.68. The summed E-state index contributed by atoms with van der Waals surface area (Å²) in [5.41, 5.74) is 0.981. The Morgan fingerprint density at radius 2 is 1.62 bits per heavy atom. The Kier molecular flexibility index (Phi) is 4.31. The van der Waals surface area contributed by atoms with E-state index < -0.39 is 12.8 Å². The van der Waals surface area contributed by atoms with E-state index in [9.17, 15) is 14.4 Å². The van der Waals surface area contributed by atoms with Gasteiger partial charge in [0.1, 0.15) is 0 Å². The van der Waals surface area contributed by atoms with Gasteiger partial charge in [0.25, 0.3) is 0 Å². The van der Waals surface area contributed by atoms with E-state index in [1.165, 1.54) is 0 Å². The fourth-order valence-electron chi connectivity index (χ4n) is 1.99. The van der Waals surface area contributed by atoms with Gasteiger partial charge in [-0.2, -0.15) is 0 Å². The molecule has 0 radical (unpaired) electrons. The number of hydrogen-bond donors (Lipinski definition) is 2. The molecule has 0 heterocycles. The van der Waals surface area contributed by atoms with E-state index in [1.54, 1.807) is 0 Å². The third kappa shape index (κ3) is 2.73. The normalized spacial score (nSPS) is 12.8. The summed E-state index contributed by atoms with van der Waals surface area (Å²) in [4.78, 5) is 19.0. The van der Waals surface area contributed by atoms with Gasteiger partial charge in [-0.25, -0.2) is 0 Å². The molecule has 0 aliphatic heterocycles. The third-order valence-electron chi connectivity index (χ3n) is 3.31. The van der Waals surface area contributed by atoms with E-state index in [2.05, 4.69) is 0 Å². The van der Waals surface area contributed by atoms with Crippen molar-refractivity contribution in [2.24, 2.45) is 0 Å². The molecule has 90 valence electrons. The smallest absolute Gasteiger partial charge is 0.324 e. The summed E-state index contributed by atoms with van der Waals surface area (Å²) in [5, 5.41) is -0.908. The molecule has 0 aliphatic rings. The van der Waals surface area contributed by atoms with Crippen molar-refractivity contribution in [1.82, 2.24) is 0 Å². The molecular weight excluding hydrogens is 223 g/mol. The highest BCUT2D eigenvalue weighted by molar-refractivity contribution is 7.53. The molecule has 0 bridgehead atoms. The summed E-state index contributed by atoms with van der Waals surface area (Å²) >= 11 is 0. The largest absolute Gasteiger partial charge is 0.331 e. The van der Waals surface area contributed by atoms with Crippen molar-refractivity contribution >= 4 is 7.60 Å². The van der Waals surface area contributed by atoms with Gasteiger partial charge in [-0.1, -0.05) is 44.2 Å². The van der Waals surface area contributed by atoms with Gasteiger partial charge in [0.15, 0.2) is 0 Å².